The lowest BCUT2D eigenvalue weighted by atomic mass is 10.0. The lowest BCUT2D eigenvalue weighted by molar-refractivity contribution is -0.139. The van der Waals surface area contributed by atoms with Crippen LogP contribution in [0.2, 0.25) is 0 Å². The number of benzene rings is 2. The van der Waals surface area contributed by atoms with Crippen molar-refractivity contribution in [2.24, 2.45) is 0 Å². The van der Waals surface area contributed by atoms with E-state index in [9.17, 15) is 9.59 Å². The van der Waals surface area contributed by atoms with E-state index in [1.165, 1.54) is 0 Å². The first-order valence-corrected chi connectivity index (χ1v) is 8.77. The molecule has 2 N–H and O–H groups in total. The summed E-state index contributed by atoms with van der Waals surface area (Å²) in [7, 11) is 0. The van der Waals surface area contributed by atoms with Crippen molar-refractivity contribution in [3.05, 3.63) is 45.3 Å². The molecule has 2 aromatic rings. The Hall–Kier alpha value is -1.90. The molecule has 0 spiro atoms. The minimum absolute atomic E-state index is 0.275. The summed E-state index contributed by atoms with van der Waals surface area (Å²) in [6.07, 6.45) is 1.67. The number of carboxylic acids is 1. The van der Waals surface area contributed by atoms with Crippen LogP contribution in [-0.2, 0) is 9.59 Å². The molecular weight excluding hydrogens is 414 g/mol. The first kappa shape index (κ1) is 16.9. The highest BCUT2D eigenvalue weighted by Crippen LogP contribution is 2.35. The Morgan fingerprint density at radius 3 is 2.83 bits per heavy atom. The third-order valence-corrected chi connectivity index (χ3v) is 4.91. The maximum Gasteiger partial charge on any atom is 0.341 e. The van der Waals surface area contributed by atoms with Crippen molar-refractivity contribution in [2.45, 2.75) is 0 Å². The molecule has 8 heteroatoms. The fourth-order valence-electron chi connectivity index (χ4n) is 2.27. The predicted octanol–water partition coefficient (Wildman–Crippen LogP) is 3.55. The summed E-state index contributed by atoms with van der Waals surface area (Å²) in [6, 6.07) is 9.23. The molecule has 1 heterocycles. The number of halogens is 1. The second kappa shape index (κ2) is 6.92. The molecule has 0 aromatic heterocycles. The molecule has 0 atom stereocenters. The topological polar surface area (TPSA) is 75.6 Å². The number of carbonyl (C=O) groups excluding carboxylic acids is 1. The van der Waals surface area contributed by atoms with Gasteiger partial charge in [0.15, 0.2) is 6.61 Å². The first-order valence-electron chi connectivity index (χ1n) is 6.76. The summed E-state index contributed by atoms with van der Waals surface area (Å²) in [6.45, 7) is -0.462. The fourth-order valence-corrected chi connectivity index (χ4v) is 3.68. The van der Waals surface area contributed by atoms with E-state index in [1.807, 2.05) is 24.3 Å². The Labute approximate surface area is 155 Å². The fraction of sp³-hybridized carbons (Fsp3) is 0.0625. The number of rotatable bonds is 4. The summed E-state index contributed by atoms with van der Waals surface area (Å²) < 4.78 is 6.69. The molecule has 1 aliphatic rings. The molecule has 0 radical (unpaired) electrons. The number of ether oxygens (including phenoxy) is 1. The largest absolute Gasteiger partial charge is 0.481 e. The van der Waals surface area contributed by atoms with Gasteiger partial charge in [-0.15, -0.1) is 0 Å². The zero-order valence-corrected chi connectivity index (χ0v) is 15.3. The van der Waals surface area contributed by atoms with Crippen molar-refractivity contribution in [1.29, 1.82) is 0 Å². The van der Waals surface area contributed by atoms with Gasteiger partial charge in [-0.1, -0.05) is 52.0 Å². The molecule has 1 fully saturated rings. The van der Waals surface area contributed by atoms with Crippen LogP contribution in [0.1, 0.15) is 5.56 Å². The van der Waals surface area contributed by atoms with Gasteiger partial charge in [0.2, 0.25) is 0 Å². The molecule has 5 nitrogen and oxygen atoms in total. The van der Waals surface area contributed by atoms with Gasteiger partial charge < -0.3 is 15.2 Å². The van der Waals surface area contributed by atoms with Crippen LogP contribution in [0.5, 0.6) is 5.75 Å². The zero-order chi connectivity index (χ0) is 17.3. The van der Waals surface area contributed by atoms with E-state index in [1.54, 1.807) is 12.1 Å². The molecule has 24 heavy (non-hydrogen) atoms. The van der Waals surface area contributed by atoms with Crippen LogP contribution < -0.4 is 10.1 Å². The molecular formula is C16H10BrNO4S2. The van der Waals surface area contributed by atoms with E-state index in [2.05, 4.69) is 21.2 Å². The third kappa shape index (κ3) is 3.61. The highest BCUT2D eigenvalue weighted by atomic mass is 79.9. The highest BCUT2D eigenvalue weighted by molar-refractivity contribution is 9.10. The van der Waals surface area contributed by atoms with Crippen molar-refractivity contribution < 1.29 is 19.4 Å². The smallest absolute Gasteiger partial charge is 0.341 e. The number of hydrogen-bond donors (Lipinski definition) is 2. The second-order valence-electron chi connectivity index (χ2n) is 4.88. The van der Waals surface area contributed by atoms with Gasteiger partial charge in [-0.25, -0.2) is 4.79 Å². The van der Waals surface area contributed by atoms with Gasteiger partial charge in [-0.05, 0) is 35.0 Å². The average Bonchev–Trinajstić information content (AvgIpc) is 2.83. The maximum absolute atomic E-state index is 11.9. The van der Waals surface area contributed by atoms with E-state index in [0.29, 0.717) is 20.5 Å². The molecule has 0 bridgehead atoms. The quantitative estimate of drug-likeness (QED) is 0.578. The van der Waals surface area contributed by atoms with Crippen LogP contribution in [-0.4, -0.2) is 27.9 Å². The second-order valence-corrected chi connectivity index (χ2v) is 7.51. The number of amides is 1. The molecule has 1 saturated heterocycles. The lowest BCUT2D eigenvalue weighted by Crippen LogP contribution is -2.17. The average molecular weight is 424 g/mol. The third-order valence-electron chi connectivity index (χ3n) is 3.25. The molecule has 0 aliphatic carbocycles. The summed E-state index contributed by atoms with van der Waals surface area (Å²) in [5.74, 6) is -0.951. The Bertz CT molecular complexity index is 910. The van der Waals surface area contributed by atoms with Gasteiger partial charge in [0, 0.05) is 10.0 Å². The number of carbonyl (C=O) groups is 2. The van der Waals surface area contributed by atoms with E-state index in [0.717, 1.165) is 27.0 Å². The van der Waals surface area contributed by atoms with Crippen LogP contribution >= 0.6 is 39.9 Å². The molecule has 3 rings (SSSR count). The number of nitrogens with one attached hydrogen (secondary N) is 1. The standard InChI is InChI=1S/C16H10BrNO4S2/c17-9-2-3-10-8(5-9)1-4-12(22-7-14(19)20)11(10)6-13-15(21)18-16(23)24-13/h1-6H,7H2,(H,19,20)(H,18,21,23). The normalized spacial score (nSPS) is 15.8. The van der Waals surface area contributed by atoms with Crippen molar-refractivity contribution in [3.63, 3.8) is 0 Å². The lowest BCUT2D eigenvalue weighted by Gasteiger charge is -2.11. The van der Waals surface area contributed by atoms with Gasteiger partial charge >= 0.3 is 5.97 Å². The summed E-state index contributed by atoms with van der Waals surface area (Å²) >= 11 is 9.58. The van der Waals surface area contributed by atoms with Crippen molar-refractivity contribution in [3.8, 4) is 5.75 Å². The molecule has 0 saturated carbocycles. The van der Waals surface area contributed by atoms with Crippen molar-refractivity contribution in [2.75, 3.05) is 6.61 Å². The summed E-state index contributed by atoms with van der Waals surface area (Å²) in [5, 5.41) is 13.2. The number of hydrogen-bond acceptors (Lipinski definition) is 5. The predicted molar refractivity (Wildman–Crippen MR) is 101 cm³/mol. The molecule has 122 valence electrons. The SMILES string of the molecule is O=C(O)COc1ccc2cc(Br)ccc2c1C=C1SC(=S)NC1=O. The summed E-state index contributed by atoms with van der Waals surface area (Å²) in [4.78, 5) is 23.2. The van der Waals surface area contributed by atoms with Gasteiger partial charge in [0.25, 0.3) is 5.91 Å². The van der Waals surface area contributed by atoms with E-state index in [4.69, 9.17) is 22.1 Å². The summed E-state index contributed by atoms with van der Waals surface area (Å²) in [5.41, 5.74) is 0.642. The zero-order valence-electron chi connectivity index (χ0n) is 12.0. The van der Waals surface area contributed by atoms with Gasteiger partial charge in [0.05, 0.1) is 4.91 Å². The maximum atomic E-state index is 11.9. The Morgan fingerprint density at radius 2 is 2.17 bits per heavy atom. The van der Waals surface area contributed by atoms with Crippen LogP contribution in [0.25, 0.3) is 16.8 Å². The van der Waals surface area contributed by atoms with Crippen LogP contribution in [0.3, 0.4) is 0 Å². The molecule has 2 aromatic carbocycles. The minimum Gasteiger partial charge on any atom is -0.481 e. The number of fused-ring (bicyclic) bond motifs is 1. The van der Waals surface area contributed by atoms with Crippen molar-refractivity contribution >= 4 is 73.0 Å². The van der Waals surface area contributed by atoms with Crippen LogP contribution in [0, 0.1) is 0 Å². The van der Waals surface area contributed by atoms with Gasteiger partial charge in [-0.2, -0.15) is 0 Å². The molecule has 1 aliphatic heterocycles. The molecule has 0 unspecified atom stereocenters. The van der Waals surface area contributed by atoms with Crippen LogP contribution in [0.4, 0.5) is 0 Å². The monoisotopic (exact) mass is 423 g/mol. The number of carboxylic acid groups (broad SMARTS) is 1. The van der Waals surface area contributed by atoms with E-state index >= 15 is 0 Å². The van der Waals surface area contributed by atoms with Gasteiger partial charge in [-0.3, -0.25) is 4.79 Å². The Kier molecular flexibility index (Phi) is 4.88. The van der Waals surface area contributed by atoms with E-state index < -0.39 is 12.6 Å². The minimum atomic E-state index is -1.07. The van der Waals surface area contributed by atoms with E-state index in [-0.39, 0.29) is 5.91 Å². The van der Waals surface area contributed by atoms with Gasteiger partial charge in [0.1, 0.15) is 10.1 Å². The molecule has 1 amide bonds. The Morgan fingerprint density at radius 1 is 1.38 bits per heavy atom. The first-order chi connectivity index (χ1) is 11.4. The number of aliphatic carboxylic acids is 1. The number of thiocarbonyl (C=S) groups is 1. The van der Waals surface area contributed by atoms with Crippen molar-refractivity contribution in [1.82, 2.24) is 5.32 Å². The number of thioether (sulfide) groups is 1. The highest BCUT2D eigenvalue weighted by Gasteiger charge is 2.23. The van der Waals surface area contributed by atoms with Crippen LogP contribution in [0.15, 0.2) is 39.7 Å². The Balaban J connectivity index is 2.15.